The monoisotopic (exact) mass is 269 g/mol. The molecule has 2 bridgehead atoms. The van der Waals surface area contributed by atoms with Gasteiger partial charge in [0.25, 0.3) is 0 Å². The molecule has 0 saturated carbocycles. The van der Waals surface area contributed by atoms with Gasteiger partial charge in [-0.3, -0.25) is 9.80 Å². The van der Waals surface area contributed by atoms with Gasteiger partial charge in [0.05, 0.1) is 0 Å². The largest absolute Gasteiger partial charge is 0.314 e. The van der Waals surface area contributed by atoms with E-state index in [0.29, 0.717) is 6.04 Å². The quantitative estimate of drug-likeness (QED) is 0.597. The van der Waals surface area contributed by atoms with Crippen molar-refractivity contribution in [3.05, 3.63) is 0 Å². The lowest BCUT2D eigenvalue weighted by molar-refractivity contribution is 0.166. The first-order valence-electron chi connectivity index (χ1n) is 7.82. The Kier molecular flexibility index (Phi) is 6.53. The molecule has 0 amide bonds. The van der Waals surface area contributed by atoms with Crippen LogP contribution in [0.25, 0.3) is 0 Å². The van der Waals surface area contributed by atoms with Gasteiger partial charge >= 0.3 is 0 Å². The fourth-order valence-electron chi connectivity index (χ4n) is 2.88. The van der Waals surface area contributed by atoms with Crippen molar-refractivity contribution < 1.29 is 0 Å². The molecule has 2 N–H and O–H groups in total. The van der Waals surface area contributed by atoms with Crippen LogP contribution in [0.15, 0.2) is 0 Å². The molecule has 0 aromatic heterocycles. The van der Waals surface area contributed by atoms with Crippen LogP contribution < -0.4 is 10.6 Å². The van der Waals surface area contributed by atoms with Crippen molar-refractivity contribution in [2.45, 2.75) is 13.0 Å². The van der Waals surface area contributed by atoms with Crippen molar-refractivity contribution in [3.8, 4) is 0 Å². The third-order valence-corrected chi connectivity index (χ3v) is 4.42. The van der Waals surface area contributed by atoms with Crippen LogP contribution in [-0.4, -0.2) is 99.8 Å². The molecule has 2 fully saturated rings. The summed E-state index contributed by atoms with van der Waals surface area (Å²) in [4.78, 5) is 7.68. The number of hydrogen-bond donors (Lipinski definition) is 2. The molecule has 0 aromatic carbocycles. The molecule has 0 aliphatic carbocycles. The van der Waals surface area contributed by atoms with Crippen molar-refractivity contribution in [2.24, 2.45) is 0 Å². The number of rotatable bonds is 0. The molecule has 19 heavy (non-hydrogen) atoms. The Labute approximate surface area is 118 Å². The van der Waals surface area contributed by atoms with Gasteiger partial charge in [0, 0.05) is 78.0 Å². The minimum absolute atomic E-state index is 0.646. The lowest BCUT2D eigenvalue weighted by Crippen LogP contribution is -2.46. The maximum atomic E-state index is 3.60. The minimum Gasteiger partial charge on any atom is -0.314 e. The van der Waals surface area contributed by atoms with E-state index in [1.807, 2.05) is 0 Å². The lowest BCUT2D eigenvalue weighted by atomic mass is 10.2. The van der Waals surface area contributed by atoms with Gasteiger partial charge in [-0.2, -0.15) is 0 Å². The maximum absolute atomic E-state index is 3.60. The Bertz CT molecular complexity index is 248. The molecule has 0 spiro atoms. The average molecular weight is 269 g/mol. The van der Waals surface area contributed by atoms with Gasteiger partial charge in [0.15, 0.2) is 0 Å². The standard InChI is InChI=1S/C14H31N5/c1-14-13-16-4-7-18-10-9-17(2)6-3-15-5-8-19(14)12-11-18/h14-16H,3-13H2,1-2H3. The van der Waals surface area contributed by atoms with Crippen LogP contribution in [-0.2, 0) is 0 Å². The number of nitrogens with zero attached hydrogens (tertiary/aromatic N) is 3. The van der Waals surface area contributed by atoms with Gasteiger partial charge in [-0.25, -0.2) is 0 Å². The van der Waals surface area contributed by atoms with Crippen molar-refractivity contribution in [2.75, 3.05) is 79.0 Å². The molecule has 3 atom stereocenters. The predicted molar refractivity (Wildman–Crippen MR) is 80.7 cm³/mol. The van der Waals surface area contributed by atoms with Gasteiger partial charge < -0.3 is 15.5 Å². The van der Waals surface area contributed by atoms with E-state index in [1.165, 1.54) is 39.3 Å². The molecule has 112 valence electrons. The zero-order chi connectivity index (χ0) is 13.5. The molecule has 0 aromatic rings. The third-order valence-electron chi connectivity index (χ3n) is 4.42. The van der Waals surface area contributed by atoms with Crippen molar-refractivity contribution in [1.29, 1.82) is 0 Å². The molecule has 5 heteroatoms. The molecule has 2 rings (SSSR count). The van der Waals surface area contributed by atoms with Gasteiger partial charge in [-0.15, -0.1) is 0 Å². The van der Waals surface area contributed by atoms with E-state index >= 15 is 0 Å². The summed E-state index contributed by atoms with van der Waals surface area (Å²) in [7, 11) is 2.23. The highest BCUT2D eigenvalue weighted by molar-refractivity contribution is 4.76. The number of nitrogens with one attached hydrogen (secondary N) is 2. The Morgan fingerprint density at radius 2 is 1.53 bits per heavy atom. The summed E-state index contributed by atoms with van der Waals surface area (Å²) in [5.41, 5.74) is 0. The highest BCUT2D eigenvalue weighted by atomic mass is 15.3. The third kappa shape index (κ3) is 5.36. The SMILES string of the molecule is CC1CNCCN2CCN(C)CCNCCN1CC2. The first-order valence-corrected chi connectivity index (χ1v) is 7.82. The second-order valence-corrected chi connectivity index (χ2v) is 5.98. The van der Waals surface area contributed by atoms with E-state index in [0.717, 1.165) is 32.7 Å². The molecule has 2 saturated heterocycles. The Morgan fingerprint density at radius 3 is 2.42 bits per heavy atom. The van der Waals surface area contributed by atoms with Crippen molar-refractivity contribution >= 4 is 0 Å². The highest BCUT2D eigenvalue weighted by Gasteiger charge is 2.17. The topological polar surface area (TPSA) is 33.8 Å². The summed E-state index contributed by atoms with van der Waals surface area (Å²) in [6.45, 7) is 15.1. The van der Waals surface area contributed by atoms with Crippen molar-refractivity contribution in [1.82, 2.24) is 25.3 Å². The van der Waals surface area contributed by atoms with Gasteiger partial charge in [-0.1, -0.05) is 0 Å². The van der Waals surface area contributed by atoms with E-state index in [4.69, 9.17) is 0 Å². The summed E-state index contributed by atoms with van der Waals surface area (Å²) in [6, 6.07) is 0.646. The number of hydrogen-bond acceptors (Lipinski definition) is 5. The van der Waals surface area contributed by atoms with Crippen LogP contribution >= 0.6 is 0 Å². The van der Waals surface area contributed by atoms with E-state index in [2.05, 4.69) is 39.3 Å². The summed E-state index contributed by atoms with van der Waals surface area (Å²) in [5.74, 6) is 0. The second-order valence-electron chi connectivity index (χ2n) is 5.98. The van der Waals surface area contributed by atoms with Crippen LogP contribution in [0.2, 0.25) is 0 Å². The molecular weight excluding hydrogens is 238 g/mol. The molecule has 2 aliphatic heterocycles. The van der Waals surface area contributed by atoms with Gasteiger partial charge in [-0.05, 0) is 14.0 Å². The number of fused-ring (bicyclic) bond motifs is 3. The summed E-state index contributed by atoms with van der Waals surface area (Å²) in [5, 5.41) is 7.17. The fourth-order valence-corrected chi connectivity index (χ4v) is 2.88. The van der Waals surface area contributed by atoms with Crippen LogP contribution in [0, 0.1) is 0 Å². The van der Waals surface area contributed by atoms with Crippen LogP contribution in [0.1, 0.15) is 6.92 Å². The zero-order valence-electron chi connectivity index (χ0n) is 12.7. The molecular formula is C14H31N5. The van der Waals surface area contributed by atoms with Crippen LogP contribution in [0.5, 0.6) is 0 Å². The molecule has 2 heterocycles. The smallest absolute Gasteiger partial charge is 0.0193 e. The number of likely N-dealkylation sites (N-methyl/N-ethyl adjacent to an activating group) is 1. The van der Waals surface area contributed by atoms with Gasteiger partial charge in [0.1, 0.15) is 0 Å². The molecule has 3 unspecified atom stereocenters. The molecule has 2 aliphatic rings. The summed E-state index contributed by atoms with van der Waals surface area (Å²) >= 11 is 0. The predicted octanol–water partition coefficient (Wildman–Crippen LogP) is -0.883. The fraction of sp³-hybridized carbons (Fsp3) is 1.00. The zero-order valence-corrected chi connectivity index (χ0v) is 12.7. The van der Waals surface area contributed by atoms with Gasteiger partial charge in [0.2, 0.25) is 0 Å². The highest BCUT2D eigenvalue weighted by Crippen LogP contribution is 2.02. The van der Waals surface area contributed by atoms with E-state index in [9.17, 15) is 0 Å². The first-order chi connectivity index (χ1) is 9.25. The average Bonchev–Trinajstić information content (AvgIpc) is 2.47. The molecule has 0 radical (unpaired) electrons. The minimum atomic E-state index is 0.646. The molecule has 5 nitrogen and oxygen atoms in total. The summed E-state index contributed by atoms with van der Waals surface area (Å²) < 4.78 is 0. The summed E-state index contributed by atoms with van der Waals surface area (Å²) in [6.07, 6.45) is 0. The maximum Gasteiger partial charge on any atom is 0.0193 e. The Hall–Kier alpha value is -0.200. The van der Waals surface area contributed by atoms with E-state index in [1.54, 1.807) is 0 Å². The normalized spacial score (nSPS) is 36.6. The lowest BCUT2D eigenvalue weighted by Gasteiger charge is -2.31. The second kappa shape index (κ2) is 8.17. The van der Waals surface area contributed by atoms with E-state index < -0.39 is 0 Å². The van der Waals surface area contributed by atoms with Crippen LogP contribution in [0.3, 0.4) is 0 Å². The Morgan fingerprint density at radius 1 is 0.789 bits per heavy atom. The van der Waals surface area contributed by atoms with E-state index in [-0.39, 0.29) is 0 Å². The Balaban J connectivity index is 1.95. The van der Waals surface area contributed by atoms with Crippen molar-refractivity contribution in [3.63, 3.8) is 0 Å². The van der Waals surface area contributed by atoms with Crippen LogP contribution in [0.4, 0.5) is 0 Å². The first kappa shape index (κ1) is 15.2.